The maximum absolute atomic E-state index is 13.2. The number of para-hydroxylation sites is 1. The van der Waals surface area contributed by atoms with Gasteiger partial charge in [-0.15, -0.1) is 0 Å². The van der Waals surface area contributed by atoms with E-state index in [1.165, 1.54) is 18.6 Å². The summed E-state index contributed by atoms with van der Waals surface area (Å²) in [6.07, 6.45) is -1.68. The third-order valence-corrected chi connectivity index (χ3v) is 5.39. The van der Waals surface area contributed by atoms with Crippen LogP contribution >= 0.6 is 0 Å². The Bertz CT molecular complexity index is 1290. The van der Waals surface area contributed by atoms with Crippen molar-refractivity contribution in [1.82, 2.24) is 15.2 Å². The molecule has 2 heterocycles. The predicted molar refractivity (Wildman–Crippen MR) is 124 cm³/mol. The molecule has 0 fully saturated rings. The standard InChI is InChI=1S/C26H24F3N3O4/c1-34-23-10-3-2-7-19(23)15-32(14-18-6-4-8-20(12-18)26(27,28)29)16-24-31-22(17-36-24)25(33)30-13-21-9-5-11-35-21/h2-12,17H,13-16H2,1H3,(H,30,33). The monoisotopic (exact) mass is 499 g/mol. The second-order valence-corrected chi connectivity index (χ2v) is 8.04. The zero-order chi connectivity index (χ0) is 25.5. The first-order chi connectivity index (χ1) is 17.3. The SMILES string of the molecule is COc1ccccc1CN(Cc1cccc(C(F)(F)F)c1)Cc1nc(C(=O)NCc2ccco2)co1. The zero-order valence-electron chi connectivity index (χ0n) is 19.4. The van der Waals surface area contributed by atoms with Crippen LogP contribution in [-0.4, -0.2) is 22.9 Å². The van der Waals surface area contributed by atoms with Crippen LogP contribution < -0.4 is 10.1 Å². The van der Waals surface area contributed by atoms with Crippen LogP contribution in [0, 0.1) is 0 Å². The molecule has 4 rings (SSSR count). The number of alkyl halides is 3. The van der Waals surface area contributed by atoms with Crippen LogP contribution in [0.15, 0.2) is 82.0 Å². The van der Waals surface area contributed by atoms with E-state index in [2.05, 4.69) is 10.3 Å². The van der Waals surface area contributed by atoms with Crippen LogP contribution in [0.2, 0.25) is 0 Å². The van der Waals surface area contributed by atoms with E-state index in [9.17, 15) is 18.0 Å². The van der Waals surface area contributed by atoms with Gasteiger partial charge >= 0.3 is 6.18 Å². The lowest BCUT2D eigenvalue weighted by Gasteiger charge is -2.22. The highest BCUT2D eigenvalue weighted by Crippen LogP contribution is 2.30. The molecule has 2 aromatic heterocycles. The Morgan fingerprint density at radius 3 is 2.61 bits per heavy atom. The van der Waals surface area contributed by atoms with Gasteiger partial charge in [0.15, 0.2) is 5.69 Å². The van der Waals surface area contributed by atoms with Gasteiger partial charge in [-0.1, -0.05) is 36.4 Å². The van der Waals surface area contributed by atoms with E-state index in [0.717, 1.165) is 17.7 Å². The largest absolute Gasteiger partial charge is 0.496 e. The summed E-state index contributed by atoms with van der Waals surface area (Å²) >= 11 is 0. The number of hydrogen-bond acceptors (Lipinski definition) is 6. The van der Waals surface area contributed by atoms with Crippen molar-refractivity contribution in [1.29, 1.82) is 0 Å². The number of furan rings is 1. The summed E-state index contributed by atoms with van der Waals surface area (Å²) in [4.78, 5) is 18.6. The van der Waals surface area contributed by atoms with E-state index >= 15 is 0 Å². The lowest BCUT2D eigenvalue weighted by Crippen LogP contribution is -2.24. The molecule has 0 unspecified atom stereocenters. The lowest BCUT2D eigenvalue weighted by atomic mass is 10.1. The molecule has 2 aromatic carbocycles. The number of halogens is 3. The maximum Gasteiger partial charge on any atom is 0.416 e. The number of carbonyl (C=O) groups is 1. The first-order valence-corrected chi connectivity index (χ1v) is 11.1. The van der Waals surface area contributed by atoms with Crippen molar-refractivity contribution in [3.63, 3.8) is 0 Å². The first kappa shape index (κ1) is 25.1. The number of ether oxygens (including phenoxy) is 1. The van der Waals surface area contributed by atoms with E-state index < -0.39 is 17.6 Å². The van der Waals surface area contributed by atoms with Crippen LogP contribution in [0.25, 0.3) is 0 Å². The second-order valence-electron chi connectivity index (χ2n) is 8.04. The van der Waals surface area contributed by atoms with E-state index in [1.807, 2.05) is 29.2 Å². The topological polar surface area (TPSA) is 80.7 Å². The molecule has 36 heavy (non-hydrogen) atoms. The summed E-state index contributed by atoms with van der Waals surface area (Å²) in [6.45, 7) is 0.885. The molecule has 0 bridgehead atoms. The Labute approximate surface area is 205 Å². The fourth-order valence-corrected chi connectivity index (χ4v) is 3.70. The van der Waals surface area contributed by atoms with Crippen molar-refractivity contribution in [3.8, 4) is 5.75 Å². The first-order valence-electron chi connectivity index (χ1n) is 11.1. The predicted octanol–water partition coefficient (Wildman–Crippen LogP) is 5.43. The van der Waals surface area contributed by atoms with Gasteiger partial charge in [-0.2, -0.15) is 13.2 Å². The van der Waals surface area contributed by atoms with Crippen molar-refractivity contribution in [2.75, 3.05) is 7.11 Å². The highest BCUT2D eigenvalue weighted by Gasteiger charge is 2.30. The number of amides is 1. The van der Waals surface area contributed by atoms with Crippen molar-refractivity contribution in [2.24, 2.45) is 0 Å². The quantitative estimate of drug-likeness (QED) is 0.314. The molecular formula is C26H24F3N3O4. The number of carbonyl (C=O) groups excluding carboxylic acids is 1. The lowest BCUT2D eigenvalue weighted by molar-refractivity contribution is -0.137. The molecule has 1 amide bonds. The van der Waals surface area contributed by atoms with Crippen LogP contribution in [-0.2, 0) is 32.4 Å². The van der Waals surface area contributed by atoms with Gasteiger partial charge in [0.25, 0.3) is 5.91 Å². The minimum Gasteiger partial charge on any atom is -0.496 e. The minimum atomic E-state index is -4.44. The number of aromatic nitrogens is 1. The van der Waals surface area contributed by atoms with E-state index in [0.29, 0.717) is 23.6 Å². The molecule has 0 radical (unpaired) electrons. The van der Waals surface area contributed by atoms with Crippen molar-refractivity contribution < 1.29 is 31.5 Å². The molecule has 4 aromatic rings. The molecule has 10 heteroatoms. The fourth-order valence-electron chi connectivity index (χ4n) is 3.70. The maximum atomic E-state index is 13.2. The molecule has 188 valence electrons. The van der Waals surface area contributed by atoms with Gasteiger partial charge in [-0.05, 0) is 29.8 Å². The number of nitrogens with zero attached hydrogens (tertiary/aromatic N) is 2. The van der Waals surface area contributed by atoms with Gasteiger partial charge in [0.2, 0.25) is 5.89 Å². The molecule has 0 spiro atoms. The molecule has 0 saturated carbocycles. The van der Waals surface area contributed by atoms with Crippen molar-refractivity contribution >= 4 is 5.91 Å². The van der Waals surface area contributed by atoms with Gasteiger partial charge in [-0.25, -0.2) is 4.98 Å². The molecule has 0 atom stereocenters. The van der Waals surface area contributed by atoms with E-state index in [-0.39, 0.29) is 31.2 Å². The van der Waals surface area contributed by atoms with Gasteiger partial charge in [0, 0.05) is 18.7 Å². The number of hydrogen-bond donors (Lipinski definition) is 1. The Morgan fingerprint density at radius 2 is 1.86 bits per heavy atom. The summed E-state index contributed by atoms with van der Waals surface area (Å²) in [5, 5.41) is 2.69. The Hall–Kier alpha value is -4.05. The molecular weight excluding hydrogens is 475 g/mol. The smallest absolute Gasteiger partial charge is 0.416 e. The minimum absolute atomic E-state index is 0.0906. The van der Waals surface area contributed by atoms with Crippen LogP contribution in [0.3, 0.4) is 0 Å². The average Bonchev–Trinajstić information content (AvgIpc) is 3.55. The third kappa shape index (κ3) is 6.54. The summed E-state index contributed by atoms with van der Waals surface area (Å²) in [5.41, 5.74) is 0.689. The second kappa shape index (κ2) is 11.1. The summed E-state index contributed by atoms with van der Waals surface area (Å²) < 4.78 is 55.8. The van der Waals surface area contributed by atoms with Gasteiger partial charge < -0.3 is 18.9 Å². The Balaban J connectivity index is 1.51. The molecule has 1 N–H and O–H groups in total. The zero-order valence-corrected chi connectivity index (χ0v) is 19.4. The molecule has 0 aliphatic heterocycles. The molecule has 0 aliphatic carbocycles. The van der Waals surface area contributed by atoms with Crippen LogP contribution in [0.5, 0.6) is 5.75 Å². The number of nitrogens with one attached hydrogen (secondary N) is 1. The molecule has 0 saturated heterocycles. The number of oxazole rings is 1. The number of methoxy groups -OCH3 is 1. The summed E-state index contributed by atoms with van der Waals surface area (Å²) in [7, 11) is 1.55. The fraction of sp³-hybridized carbons (Fsp3) is 0.231. The molecule has 7 nitrogen and oxygen atoms in total. The summed E-state index contributed by atoms with van der Waals surface area (Å²) in [5.74, 6) is 1.06. The number of benzene rings is 2. The normalized spacial score (nSPS) is 11.6. The average molecular weight is 499 g/mol. The van der Waals surface area contributed by atoms with Gasteiger partial charge in [0.05, 0.1) is 32.0 Å². The van der Waals surface area contributed by atoms with E-state index in [1.54, 1.807) is 25.3 Å². The van der Waals surface area contributed by atoms with Crippen LogP contribution in [0.4, 0.5) is 13.2 Å². The highest BCUT2D eigenvalue weighted by atomic mass is 19.4. The van der Waals surface area contributed by atoms with E-state index in [4.69, 9.17) is 13.6 Å². The van der Waals surface area contributed by atoms with Crippen LogP contribution in [0.1, 0.15) is 38.8 Å². The van der Waals surface area contributed by atoms with Gasteiger partial charge in [0.1, 0.15) is 17.8 Å². The van der Waals surface area contributed by atoms with Crippen molar-refractivity contribution in [3.05, 3.63) is 107 Å². The molecule has 0 aliphatic rings. The Morgan fingerprint density at radius 1 is 1.03 bits per heavy atom. The third-order valence-electron chi connectivity index (χ3n) is 5.39. The Kier molecular flexibility index (Phi) is 7.74. The van der Waals surface area contributed by atoms with Crippen molar-refractivity contribution in [2.45, 2.75) is 32.4 Å². The highest BCUT2D eigenvalue weighted by molar-refractivity contribution is 5.91. The summed E-state index contributed by atoms with van der Waals surface area (Å²) in [6, 6.07) is 16.0. The van der Waals surface area contributed by atoms with Gasteiger partial charge in [-0.3, -0.25) is 9.69 Å². The number of rotatable bonds is 10.